The number of furan rings is 1. The largest absolute Gasteiger partial charge is 0.468 e. The van der Waals surface area contributed by atoms with Crippen LogP contribution in [0.1, 0.15) is 24.3 Å². The van der Waals surface area contributed by atoms with Crippen molar-refractivity contribution in [3.8, 4) is 0 Å². The highest BCUT2D eigenvalue weighted by Crippen LogP contribution is 2.27. The van der Waals surface area contributed by atoms with Crippen molar-refractivity contribution in [2.24, 2.45) is 0 Å². The van der Waals surface area contributed by atoms with Crippen molar-refractivity contribution in [1.82, 2.24) is 5.32 Å². The first kappa shape index (κ1) is 12.8. The average Bonchev–Trinajstić information content (AvgIpc) is 2.91. The molecule has 0 bridgehead atoms. The summed E-state index contributed by atoms with van der Waals surface area (Å²) in [4.78, 5) is 0. The van der Waals surface area contributed by atoms with Crippen LogP contribution < -0.4 is 5.32 Å². The minimum absolute atomic E-state index is 0.0177. The molecule has 0 spiro atoms. The van der Waals surface area contributed by atoms with Gasteiger partial charge in [-0.1, -0.05) is 30.3 Å². The highest BCUT2D eigenvalue weighted by atomic mass is 19.3. The van der Waals surface area contributed by atoms with Crippen molar-refractivity contribution in [3.63, 3.8) is 0 Å². The van der Waals surface area contributed by atoms with Gasteiger partial charge in [-0.15, -0.1) is 0 Å². The molecule has 1 N–H and O–H groups in total. The number of nitrogens with one attached hydrogen (secondary N) is 1. The Balaban J connectivity index is 1.97. The molecule has 1 heterocycles. The van der Waals surface area contributed by atoms with E-state index in [1.165, 1.54) is 18.4 Å². The van der Waals surface area contributed by atoms with E-state index in [1.807, 2.05) is 0 Å². The summed E-state index contributed by atoms with van der Waals surface area (Å²) >= 11 is 0. The lowest BCUT2D eigenvalue weighted by atomic mass is 10.1. The third-order valence-electron chi connectivity index (χ3n) is 2.80. The number of rotatable bonds is 5. The number of benzene rings is 1. The first-order valence-electron chi connectivity index (χ1n) is 5.80. The molecule has 0 saturated heterocycles. The predicted octanol–water partition coefficient (Wildman–Crippen LogP) is 3.72. The summed E-state index contributed by atoms with van der Waals surface area (Å²) in [5.41, 5.74) is 0.0177. The summed E-state index contributed by atoms with van der Waals surface area (Å²) in [5.74, 6) is -2.24. The number of alkyl halides is 2. The second-order valence-corrected chi connectivity index (χ2v) is 4.19. The molecule has 4 heteroatoms. The Kier molecular flexibility index (Phi) is 3.77. The maximum absolute atomic E-state index is 13.9. The van der Waals surface area contributed by atoms with Gasteiger partial charge in [0.15, 0.2) is 0 Å². The van der Waals surface area contributed by atoms with Crippen LogP contribution in [0.3, 0.4) is 0 Å². The van der Waals surface area contributed by atoms with E-state index in [0.29, 0.717) is 5.76 Å². The maximum atomic E-state index is 13.9. The van der Waals surface area contributed by atoms with Crippen LogP contribution in [-0.2, 0) is 5.92 Å². The molecule has 0 aliphatic carbocycles. The topological polar surface area (TPSA) is 25.2 Å². The lowest BCUT2D eigenvalue weighted by Crippen LogP contribution is -2.32. The monoisotopic (exact) mass is 251 g/mol. The second-order valence-electron chi connectivity index (χ2n) is 4.19. The molecule has 1 atom stereocenters. The molecular formula is C14H15F2NO. The van der Waals surface area contributed by atoms with Gasteiger partial charge in [-0.3, -0.25) is 0 Å². The van der Waals surface area contributed by atoms with E-state index in [2.05, 4.69) is 5.32 Å². The smallest absolute Gasteiger partial charge is 0.285 e. The average molecular weight is 251 g/mol. The molecular weight excluding hydrogens is 236 g/mol. The normalized spacial score (nSPS) is 13.5. The van der Waals surface area contributed by atoms with Crippen molar-refractivity contribution in [3.05, 3.63) is 60.1 Å². The quantitative estimate of drug-likeness (QED) is 0.876. The van der Waals surface area contributed by atoms with Crippen LogP contribution in [-0.4, -0.2) is 6.54 Å². The third kappa shape index (κ3) is 2.96. The van der Waals surface area contributed by atoms with Crippen LogP contribution in [0, 0.1) is 0 Å². The fourth-order valence-electron chi connectivity index (χ4n) is 1.70. The fourth-order valence-corrected chi connectivity index (χ4v) is 1.70. The molecule has 0 saturated carbocycles. The SMILES string of the molecule is C[C@H](NCC(F)(F)c1ccccc1)c1ccco1. The fraction of sp³-hybridized carbons (Fsp3) is 0.286. The summed E-state index contributed by atoms with van der Waals surface area (Å²) < 4.78 is 32.9. The molecule has 18 heavy (non-hydrogen) atoms. The van der Waals surface area contributed by atoms with Gasteiger partial charge in [0.1, 0.15) is 5.76 Å². The number of halogens is 2. The lowest BCUT2D eigenvalue weighted by Gasteiger charge is -2.19. The van der Waals surface area contributed by atoms with E-state index in [0.717, 1.165) is 0 Å². The molecule has 0 fully saturated rings. The van der Waals surface area contributed by atoms with Gasteiger partial charge in [-0.2, -0.15) is 8.78 Å². The van der Waals surface area contributed by atoms with Crippen LogP contribution in [0.2, 0.25) is 0 Å². The first-order valence-corrected chi connectivity index (χ1v) is 5.80. The van der Waals surface area contributed by atoms with Crippen LogP contribution in [0.15, 0.2) is 53.1 Å². The Bertz CT molecular complexity index is 468. The van der Waals surface area contributed by atoms with Crippen molar-refractivity contribution in [2.75, 3.05) is 6.54 Å². The van der Waals surface area contributed by atoms with Crippen LogP contribution in [0.25, 0.3) is 0 Å². The summed E-state index contributed by atoms with van der Waals surface area (Å²) in [5, 5.41) is 2.78. The zero-order valence-electron chi connectivity index (χ0n) is 10.1. The summed E-state index contributed by atoms with van der Waals surface area (Å²) in [6.07, 6.45) is 1.53. The van der Waals surface area contributed by atoms with Crippen LogP contribution >= 0.6 is 0 Å². The molecule has 0 aliphatic heterocycles. The minimum atomic E-state index is -2.89. The Hall–Kier alpha value is -1.68. The van der Waals surface area contributed by atoms with E-state index in [4.69, 9.17) is 4.42 Å². The predicted molar refractivity (Wildman–Crippen MR) is 65.5 cm³/mol. The van der Waals surface area contributed by atoms with Gasteiger partial charge in [-0.05, 0) is 19.1 Å². The Morgan fingerprint density at radius 1 is 1.17 bits per heavy atom. The molecule has 0 amide bonds. The van der Waals surface area contributed by atoms with Crippen LogP contribution in [0.4, 0.5) is 8.78 Å². The van der Waals surface area contributed by atoms with Gasteiger partial charge in [-0.25, -0.2) is 0 Å². The maximum Gasteiger partial charge on any atom is 0.285 e. The zero-order valence-corrected chi connectivity index (χ0v) is 10.1. The van der Waals surface area contributed by atoms with Crippen molar-refractivity contribution in [1.29, 1.82) is 0 Å². The van der Waals surface area contributed by atoms with Crippen LogP contribution in [0.5, 0.6) is 0 Å². The van der Waals surface area contributed by atoms with Crippen molar-refractivity contribution in [2.45, 2.75) is 18.9 Å². The highest BCUT2D eigenvalue weighted by molar-refractivity contribution is 5.20. The summed E-state index contributed by atoms with van der Waals surface area (Å²) in [6, 6.07) is 11.1. The van der Waals surface area contributed by atoms with Crippen molar-refractivity contribution < 1.29 is 13.2 Å². The molecule has 1 aromatic carbocycles. The molecule has 2 nitrogen and oxygen atoms in total. The molecule has 96 valence electrons. The Morgan fingerprint density at radius 3 is 2.50 bits per heavy atom. The van der Waals surface area contributed by atoms with E-state index >= 15 is 0 Å². The van der Waals surface area contributed by atoms with Gasteiger partial charge in [0.05, 0.1) is 18.8 Å². The lowest BCUT2D eigenvalue weighted by molar-refractivity contribution is -0.00583. The third-order valence-corrected chi connectivity index (χ3v) is 2.80. The summed E-state index contributed by atoms with van der Waals surface area (Å²) in [6.45, 7) is 1.37. The van der Waals surface area contributed by atoms with Gasteiger partial charge in [0.2, 0.25) is 0 Å². The van der Waals surface area contributed by atoms with E-state index in [9.17, 15) is 8.78 Å². The van der Waals surface area contributed by atoms with Gasteiger partial charge >= 0.3 is 0 Å². The van der Waals surface area contributed by atoms with Gasteiger partial charge in [0.25, 0.3) is 5.92 Å². The van der Waals surface area contributed by atoms with Gasteiger partial charge < -0.3 is 9.73 Å². The van der Waals surface area contributed by atoms with E-state index in [1.54, 1.807) is 37.3 Å². The van der Waals surface area contributed by atoms with E-state index < -0.39 is 12.5 Å². The zero-order chi connectivity index (χ0) is 13.0. The molecule has 2 aromatic rings. The molecule has 0 radical (unpaired) electrons. The molecule has 2 rings (SSSR count). The Labute approximate surface area is 105 Å². The Morgan fingerprint density at radius 2 is 1.89 bits per heavy atom. The highest BCUT2D eigenvalue weighted by Gasteiger charge is 2.31. The molecule has 0 aliphatic rings. The first-order chi connectivity index (χ1) is 8.59. The summed E-state index contributed by atoms with van der Waals surface area (Å²) in [7, 11) is 0. The number of hydrogen-bond donors (Lipinski definition) is 1. The molecule has 0 unspecified atom stereocenters. The van der Waals surface area contributed by atoms with E-state index in [-0.39, 0.29) is 11.6 Å². The van der Waals surface area contributed by atoms with Gasteiger partial charge in [0, 0.05) is 5.56 Å². The second kappa shape index (κ2) is 5.31. The molecule has 1 aromatic heterocycles. The number of hydrogen-bond acceptors (Lipinski definition) is 2. The minimum Gasteiger partial charge on any atom is -0.468 e. The van der Waals surface area contributed by atoms with Crippen molar-refractivity contribution >= 4 is 0 Å². The standard InChI is InChI=1S/C14H15F2NO/c1-11(13-8-5-9-18-13)17-10-14(15,16)12-6-3-2-4-7-12/h2-9,11,17H,10H2,1H3/t11-/m0/s1.